The lowest BCUT2D eigenvalue weighted by atomic mass is 9.91. The molecule has 0 atom stereocenters. The quantitative estimate of drug-likeness (QED) is 0.0632. The molecule has 0 bridgehead atoms. The van der Waals surface area contributed by atoms with Crippen molar-refractivity contribution in [3.8, 4) is 23.7 Å². The van der Waals surface area contributed by atoms with Gasteiger partial charge in [0.1, 0.15) is 0 Å². The van der Waals surface area contributed by atoms with E-state index in [-0.39, 0.29) is 0 Å². The van der Waals surface area contributed by atoms with Gasteiger partial charge in [0.05, 0.1) is 0 Å². The van der Waals surface area contributed by atoms with E-state index < -0.39 is 0 Å². The van der Waals surface area contributed by atoms with Gasteiger partial charge >= 0.3 is 0 Å². The van der Waals surface area contributed by atoms with Gasteiger partial charge < -0.3 is 5.53 Å². The summed E-state index contributed by atoms with van der Waals surface area (Å²) in [5.74, 6) is 13.8. The average molecular weight is 687 g/mol. The van der Waals surface area contributed by atoms with Gasteiger partial charge in [0.15, 0.2) is 0 Å². The van der Waals surface area contributed by atoms with Crippen LogP contribution >= 0.6 is 0 Å². The number of unbranched alkanes of at least 4 members (excludes halogenated alkanes) is 11. The highest BCUT2D eigenvalue weighted by Crippen LogP contribution is 2.44. The number of aryl methyl sites for hydroxylation is 4. The highest BCUT2D eigenvalue weighted by atomic mass is 15.2. The fourth-order valence-corrected chi connectivity index (χ4v) is 7.24. The average Bonchev–Trinajstić information content (AvgIpc) is 3.38. The molecule has 0 saturated heterocycles. The molecule has 1 aliphatic heterocycles. The fourth-order valence-electron chi connectivity index (χ4n) is 7.24. The van der Waals surface area contributed by atoms with Gasteiger partial charge in [-0.15, -0.1) is 23.7 Å². The van der Waals surface area contributed by atoms with Crippen LogP contribution in [0, 0.1) is 23.7 Å². The molecule has 0 aromatic heterocycles. The lowest BCUT2D eigenvalue weighted by Crippen LogP contribution is -2.08. The smallest absolute Gasteiger partial charge is 0.211 e. The van der Waals surface area contributed by atoms with Crippen LogP contribution in [-0.4, -0.2) is 4.70 Å². The van der Waals surface area contributed by atoms with E-state index in [2.05, 4.69) is 102 Å². The van der Waals surface area contributed by atoms with Crippen molar-refractivity contribution in [1.29, 1.82) is 0 Å². The second kappa shape index (κ2) is 24.8. The summed E-state index contributed by atoms with van der Waals surface area (Å²) in [4.78, 5) is 0. The molecule has 0 spiro atoms. The molecule has 0 fully saturated rings. The Morgan fingerprint density at radius 2 is 0.902 bits per heavy atom. The van der Waals surface area contributed by atoms with Gasteiger partial charge in [0.25, 0.3) is 0 Å². The first-order chi connectivity index (χ1) is 25.0. The minimum absolute atomic E-state index is 0.846. The topological polar surface area (TPSA) is 25.3 Å². The SMILES string of the molecule is CCCCCC#CCCc1ccc(CCCCC)cc1C1=C(C)C(CCCC)=C(c2cc(CCCCC)ccc2CCC#CCCCCC)[N+]1=[N-]. The van der Waals surface area contributed by atoms with Gasteiger partial charge in [-0.2, -0.15) is 0 Å². The number of hydrogen-bond donors (Lipinski definition) is 0. The zero-order valence-corrected chi connectivity index (χ0v) is 33.6. The maximum absolute atomic E-state index is 12.5. The van der Waals surface area contributed by atoms with Crippen molar-refractivity contribution in [2.45, 2.75) is 189 Å². The van der Waals surface area contributed by atoms with Crippen molar-refractivity contribution < 1.29 is 4.70 Å². The summed E-state index contributed by atoms with van der Waals surface area (Å²) in [5.41, 5.74) is 24.7. The number of hydrogen-bond acceptors (Lipinski definition) is 0. The Labute approximate surface area is 314 Å². The highest BCUT2D eigenvalue weighted by Gasteiger charge is 2.35. The van der Waals surface area contributed by atoms with Crippen LogP contribution in [0.1, 0.15) is 197 Å². The fraction of sp³-hybridized carbons (Fsp3) is 0.592. The molecule has 0 aliphatic carbocycles. The first-order valence-electron chi connectivity index (χ1n) is 21.1. The van der Waals surface area contributed by atoms with Crippen LogP contribution < -0.4 is 0 Å². The molecule has 0 N–H and O–H groups in total. The Kier molecular flexibility index (Phi) is 20.4. The largest absolute Gasteiger partial charge is 0.493 e. The lowest BCUT2D eigenvalue weighted by molar-refractivity contribution is -0.345. The lowest BCUT2D eigenvalue weighted by Gasteiger charge is -2.16. The molecular weight excluding hydrogens is 617 g/mol. The van der Waals surface area contributed by atoms with E-state index in [4.69, 9.17) is 0 Å². The maximum Gasteiger partial charge on any atom is 0.211 e. The van der Waals surface area contributed by atoms with Crippen LogP contribution in [0.3, 0.4) is 0 Å². The zero-order valence-electron chi connectivity index (χ0n) is 33.6. The van der Waals surface area contributed by atoms with Gasteiger partial charge in [-0.25, -0.2) is 4.70 Å². The van der Waals surface area contributed by atoms with Crippen LogP contribution in [0.15, 0.2) is 47.5 Å². The molecule has 2 heteroatoms. The van der Waals surface area contributed by atoms with Gasteiger partial charge in [0.2, 0.25) is 11.4 Å². The van der Waals surface area contributed by atoms with Gasteiger partial charge in [-0.05, 0) is 106 Å². The zero-order chi connectivity index (χ0) is 36.7. The van der Waals surface area contributed by atoms with Crippen LogP contribution in [0.5, 0.6) is 0 Å². The van der Waals surface area contributed by atoms with Crippen LogP contribution in [0.25, 0.3) is 16.9 Å². The van der Waals surface area contributed by atoms with Crippen LogP contribution in [0.4, 0.5) is 0 Å². The molecule has 276 valence electrons. The minimum Gasteiger partial charge on any atom is -0.493 e. The molecular formula is C49H70N2. The summed E-state index contributed by atoms with van der Waals surface area (Å²) in [5, 5.41) is 0. The second-order valence-corrected chi connectivity index (χ2v) is 14.7. The molecule has 51 heavy (non-hydrogen) atoms. The maximum atomic E-state index is 12.5. The number of nitrogens with zero attached hydrogens (tertiary/aromatic N) is 2. The predicted octanol–water partition coefficient (Wildman–Crippen LogP) is 14.6. The summed E-state index contributed by atoms with van der Waals surface area (Å²) in [7, 11) is 0. The third-order valence-corrected chi connectivity index (χ3v) is 10.4. The Bertz CT molecular complexity index is 1560. The molecule has 0 amide bonds. The van der Waals surface area contributed by atoms with Crippen molar-refractivity contribution in [3.05, 3.63) is 86.5 Å². The molecule has 0 radical (unpaired) electrons. The number of allylic oxidation sites excluding steroid dienone is 2. The van der Waals surface area contributed by atoms with Crippen molar-refractivity contribution in [2.75, 3.05) is 0 Å². The van der Waals surface area contributed by atoms with E-state index in [1.807, 2.05) is 0 Å². The highest BCUT2D eigenvalue weighted by molar-refractivity contribution is 5.83. The molecule has 1 heterocycles. The Hall–Kier alpha value is -3.36. The third-order valence-electron chi connectivity index (χ3n) is 10.4. The molecule has 0 saturated carbocycles. The first-order valence-corrected chi connectivity index (χ1v) is 21.1. The van der Waals surface area contributed by atoms with Gasteiger partial charge in [-0.3, -0.25) is 0 Å². The van der Waals surface area contributed by atoms with Crippen LogP contribution in [0.2, 0.25) is 0 Å². The van der Waals surface area contributed by atoms with Gasteiger partial charge in [0, 0.05) is 48.0 Å². The van der Waals surface area contributed by atoms with Crippen molar-refractivity contribution in [1.82, 2.24) is 0 Å². The monoisotopic (exact) mass is 687 g/mol. The molecule has 2 aromatic carbocycles. The normalized spacial score (nSPS) is 12.7. The summed E-state index contributed by atoms with van der Waals surface area (Å²) >= 11 is 0. The van der Waals surface area contributed by atoms with E-state index >= 15 is 0 Å². The summed E-state index contributed by atoms with van der Waals surface area (Å²) < 4.78 is 1.59. The predicted molar refractivity (Wildman–Crippen MR) is 222 cm³/mol. The Balaban J connectivity index is 2.07. The van der Waals surface area contributed by atoms with Crippen LogP contribution in [-0.2, 0) is 25.7 Å². The summed E-state index contributed by atoms with van der Waals surface area (Å²) in [6.07, 6.45) is 25.5. The Morgan fingerprint density at radius 1 is 0.471 bits per heavy atom. The minimum atomic E-state index is 0.846. The van der Waals surface area contributed by atoms with E-state index in [0.29, 0.717) is 0 Å². The molecule has 3 rings (SSSR count). The molecule has 2 nitrogen and oxygen atoms in total. The molecule has 0 unspecified atom stereocenters. The van der Waals surface area contributed by atoms with Crippen molar-refractivity contribution in [3.63, 3.8) is 0 Å². The van der Waals surface area contributed by atoms with Gasteiger partial charge in [-0.1, -0.05) is 117 Å². The van der Waals surface area contributed by atoms with Crippen molar-refractivity contribution in [2.24, 2.45) is 0 Å². The van der Waals surface area contributed by atoms with E-state index in [1.54, 1.807) is 4.70 Å². The second-order valence-electron chi connectivity index (χ2n) is 14.7. The van der Waals surface area contributed by atoms with Crippen molar-refractivity contribution >= 4 is 11.4 Å². The molecule has 1 aliphatic rings. The number of benzene rings is 2. The summed E-state index contributed by atoms with van der Waals surface area (Å²) in [6.45, 7) is 13.6. The Morgan fingerprint density at radius 3 is 1.37 bits per heavy atom. The molecule has 2 aromatic rings. The van der Waals surface area contributed by atoms with E-state index in [1.165, 1.54) is 122 Å². The van der Waals surface area contributed by atoms with E-state index in [9.17, 15) is 5.53 Å². The standard InChI is InChI=1S/C49H70N2/c1-7-12-17-19-21-23-27-31-43-36-34-41(29-25-14-9-3)38-46(43)48-40(6)45(33-16-11-5)49(51(48)50)47-39-42(30-26-15-10-4)35-37-44(47)32-28-24-22-20-18-13-8-2/h34-39H,7-20,25-33H2,1-6H3. The first kappa shape index (κ1) is 42.1. The summed E-state index contributed by atoms with van der Waals surface area (Å²) in [6, 6.07) is 14.1. The van der Waals surface area contributed by atoms with E-state index in [0.717, 1.165) is 82.0 Å². The number of rotatable bonds is 23. The third kappa shape index (κ3) is 13.6.